The molecule has 5 heterocycles. The molecule has 4 aromatic heterocycles. The number of halogens is 2. The van der Waals surface area contributed by atoms with E-state index in [-0.39, 0.29) is 18.0 Å². The zero-order chi connectivity index (χ0) is 27.1. The molecule has 0 bridgehead atoms. The fourth-order valence-electron chi connectivity index (χ4n) is 5.95. The number of nitrogens with zero attached hydrogens (tertiary/aromatic N) is 6. The lowest BCUT2D eigenvalue weighted by Crippen LogP contribution is -2.34. The second-order valence-corrected chi connectivity index (χ2v) is 11.2. The molecule has 1 N–H and O–H groups in total. The third-order valence-corrected chi connectivity index (χ3v) is 8.29. The van der Waals surface area contributed by atoms with Gasteiger partial charge in [-0.15, -0.1) is 0 Å². The van der Waals surface area contributed by atoms with Crippen molar-refractivity contribution in [2.45, 2.75) is 57.7 Å². The molecule has 0 aromatic carbocycles. The number of aromatic amines is 1. The Hall–Kier alpha value is -3.31. The van der Waals surface area contributed by atoms with Gasteiger partial charge in [-0.05, 0) is 43.2 Å². The van der Waals surface area contributed by atoms with Crippen LogP contribution in [-0.2, 0) is 11.3 Å². The largest absolute Gasteiger partial charge is 0.439 e. The van der Waals surface area contributed by atoms with E-state index in [2.05, 4.69) is 26.6 Å². The van der Waals surface area contributed by atoms with E-state index in [4.69, 9.17) is 30.8 Å². The predicted octanol–water partition coefficient (Wildman–Crippen LogP) is 4.88. The first kappa shape index (κ1) is 25.9. The fourth-order valence-corrected chi connectivity index (χ4v) is 6.12. The second-order valence-electron chi connectivity index (χ2n) is 10.8. The van der Waals surface area contributed by atoms with Gasteiger partial charge < -0.3 is 14.2 Å². The van der Waals surface area contributed by atoms with Gasteiger partial charge in [0, 0.05) is 38.2 Å². The molecule has 10 nitrogen and oxygen atoms in total. The lowest BCUT2D eigenvalue weighted by molar-refractivity contribution is 0.117. The van der Waals surface area contributed by atoms with Crippen LogP contribution in [0.3, 0.4) is 0 Å². The van der Waals surface area contributed by atoms with E-state index in [1.54, 1.807) is 31.6 Å². The van der Waals surface area contributed by atoms with Gasteiger partial charge in [0.05, 0.1) is 33.9 Å². The van der Waals surface area contributed by atoms with Crippen molar-refractivity contribution in [2.75, 3.05) is 25.2 Å². The summed E-state index contributed by atoms with van der Waals surface area (Å²) in [6.45, 7) is 3.08. The third-order valence-electron chi connectivity index (χ3n) is 8.09. The highest BCUT2D eigenvalue weighted by atomic mass is 35.5. The van der Waals surface area contributed by atoms with E-state index >= 15 is 0 Å². The molecule has 0 radical (unpaired) electrons. The maximum Gasteiger partial charge on any atom is 0.439 e. The molecular weight excluding hydrogens is 525 g/mol. The van der Waals surface area contributed by atoms with E-state index in [9.17, 15) is 9.18 Å². The van der Waals surface area contributed by atoms with Crippen molar-refractivity contribution in [2.24, 2.45) is 11.8 Å². The summed E-state index contributed by atoms with van der Waals surface area (Å²) >= 11 is 6.34. The van der Waals surface area contributed by atoms with Crippen LogP contribution in [0.5, 0.6) is 0 Å². The Morgan fingerprint density at radius 2 is 2.03 bits per heavy atom. The molecule has 0 unspecified atom stereocenters. The highest BCUT2D eigenvalue weighted by Gasteiger charge is 2.36. The minimum absolute atomic E-state index is 0.0833. The zero-order valence-electron chi connectivity index (χ0n) is 21.9. The Kier molecular flexibility index (Phi) is 7.11. The van der Waals surface area contributed by atoms with E-state index in [1.807, 2.05) is 4.90 Å². The average Bonchev–Trinajstić information content (AvgIpc) is 3.66. The number of hydrogen-bond acceptors (Lipinski definition) is 8. The average molecular weight is 556 g/mol. The normalized spacial score (nSPS) is 23.6. The minimum Gasteiger partial charge on any atom is -0.380 e. The van der Waals surface area contributed by atoms with E-state index in [1.165, 1.54) is 12.8 Å². The molecule has 2 aliphatic rings. The van der Waals surface area contributed by atoms with Gasteiger partial charge in [-0.2, -0.15) is 0 Å². The SMILES string of the molecule is CO[C@H]1C[C@@H](CF)N(c2nc3cc(-c4noc(=O)[nH]4)nc(-c4cncc(Cl)c4)c3n2CC2CCC(C)CC2)C1. The van der Waals surface area contributed by atoms with Crippen LogP contribution in [0, 0.1) is 11.8 Å². The van der Waals surface area contributed by atoms with Crippen molar-refractivity contribution in [3.8, 4) is 22.8 Å². The fraction of sp³-hybridized carbons (Fsp3) is 0.519. The van der Waals surface area contributed by atoms with Crippen molar-refractivity contribution in [3.05, 3.63) is 40.1 Å². The first-order chi connectivity index (χ1) is 18.9. The van der Waals surface area contributed by atoms with E-state index in [0.717, 1.165) is 30.8 Å². The van der Waals surface area contributed by atoms with Crippen LogP contribution >= 0.6 is 11.6 Å². The Morgan fingerprint density at radius 1 is 1.21 bits per heavy atom. The van der Waals surface area contributed by atoms with Crippen LogP contribution in [0.25, 0.3) is 33.8 Å². The lowest BCUT2D eigenvalue weighted by Gasteiger charge is -2.29. The number of anilines is 1. The molecule has 39 heavy (non-hydrogen) atoms. The topological polar surface area (TPSA) is 115 Å². The summed E-state index contributed by atoms with van der Waals surface area (Å²) < 4.78 is 26.8. The first-order valence-corrected chi connectivity index (χ1v) is 13.7. The number of pyridine rings is 2. The molecular formula is C27H31ClFN7O3. The van der Waals surface area contributed by atoms with Crippen molar-refractivity contribution >= 4 is 28.6 Å². The van der Waals surface area contributed by atoms with Gasteiger partial charge in [0.2, 0.25) is 11.8 Å². The van der Waals surface area contributed by atoms with Crippen LogP contribution in [0.15, 0.2) is 33.8 Å². The summed E-state index contributed by atoms with van der Waals surface area (Å²) in [5.74, 6) is 1.38. The summed E-state index contributed by atoms with van der Waals surface area (Å²) in [6.07, 6.45) is 8.37. The monoisotopic (exact) mass is 555 g/mol. The minimum atomic E-state index is -0.677. The second kappa shape index (κ2) is 10.7. The number of hydrogen-bond donors (Lipinski definition) is 1. The molecule has 206 valence electrons. The molecule has 4 aromatic rings. The highest BCUT2D eigenvalue weighted by molar-refractivity contribution is 6.30. The summed E-state index contributed by atoms with van der Waals surface area (Å²) in [5, 5.41) is 4.31. The van der Waals surface area contributed by atoms with Gasteiger partial charge in [0.1, 0.15) is 12.4 Å². The van der Waals surface area contributed by atoms with E-state index in [0.29, 0.717) is 52.3 Å². The number of alkyl halides is 1. The number of ether oxygens (including phenoxy) is 1. The summed E-state index contributed by atoms with van der Waals surface area (Å²) in [5.41, 5.74) is 3.15. The van der Waals surface area contributed by atoms with Crippen LogP contribution < -0.4 is 10.7 Å². The van der Waals surface area contributed by atoms with Gasteiger partial charge in [0.25, 0.3) is 0 Å². The van der Waals surface area contributed by atoms with Crippen molar-refractivity contribution in [3.63, 3.8) is 0 Å². The Labute approximate surface area is 229 Å². The molecule has 2 atom stereocenters. The van der Waals surface area contributed by atoms with Crippen LogP contribution in [0.4, 0.5) is 10.3 Å². The number of methoxy groups -OCH3 is 1. The Balaban J connectivity index is 1.57. The maximum atomic E-state index is 14.3. The molecule has 1 saturated heterocycles. The van der Waals surface area contributed by atoms with Crippen molar-refractivity contribution < 1.29 is 13.7 Å². The molecule has 1 aliphatic heterocycles. The van der Waals surface area contributed by atoms with E-state index < -0.39 is 12.4 Å². The zero-order valence-corrected chi connectivity index (χ0v) is 22.7. The molecule has 0 spiro atoms. The number of rotatable bonds is 7. The number of H-pyrrole nitrogens is 1. The Morgan fingerprint density at radius 3 is 2.72 bits per heavy atom. The van der Waals surface area contributed by atoms with Gasteiger partial charge in [-0.25, -0.2) is 19.2 Å². The third kappa shape index (κ3) is 5.05. The lowest BCUT2D eigenvalue weighted by atomic mass is 9.83. The molecule has 6 rings (SSSR count). The number of aromatic nitrogens is 6. The summed E-state index contributed by atoms with van der Waals surface area (Å²) in [4.78, 5) is 30.6. The standard InChI is InChI=1S/C27H31ClFN7O3/c1-15-3-5-16(6-4-15)13-36-24-21(32-26(36)35-14-20(38-2)8-19(35)10-29)9-22(25-33-27(37)39-34-25)31-23(24)17-7-18(28)12-30-11-17/h7,9,11-12,15-16,19-20H,3-6,8,10,13-14H2,1-2H3,(H,33,34,37)/t15?,16?,19-,20-/m0/s1. The highest BCUT2D eigenvalue weighted by Crippen LogP contribution is 2.38. The van der Waals surface area contributed by atoms with Gasteiger partial charge in [0.15, 0.2) is 0 Å². The van der Waals surface area contributed by atoms with Gasteiger partial charge in [-0.1, -0.05) is 36.5 Å². The number of imidazole rings is 1. The molecule has 2 fully saturated rings. The molecule has 1 saturated carbocycles. The molecule has 1 aliphatic carbocycles. The quantitative estimate of drug-likeness (QED) is 0.343. The number of fused-ring (bicyclic) bond motifs is 1. The van der Waals surface area contributed by atoms with Crippen LogP contribution in [-0.4, -0.2) is 62.1 Å². The first-order valence-electron chi connectivity index (χ1n) is 13.4. The van der Waals surface area contributed by atoms with Gasteiger partial charge in [-0.3, -0.25) is 14.5 Å². The van der Waals surface area contributed by atoms with Gasteiger partial charge >= 0.3 is 5.76 Å². The summed E-state index contributed by atoms with van der Waals surface area (Å²) in [7, 11) is 1.66. The van der Waals surface area contributed by atoms with Crippen molar-refractivity contribution in [1.29, 1.82) is 0 Å². The maximum absolute atomic E-state index is 14.3. The van der Waals surface area contributed by atoms with Crippen molar-refractivity contribution in [1.82, 2.24) is 29.7 Å². The van der Waals surface area contributed by atoms with Crippen LogP contribution in [0.2, 0.25) is 5.02 Å². The number of nitrogens with one attached hydrogen (secondary N) is 1. The molecule has 12 heteroatoms. The summed E-state index contributed by atoms with van der Waals surface area (Å²) in [6, 6.07) is 3.24. The van der Waals surface area contributed by atoms with Crippen LogP contribution in [0.1, 0.15) is 39.0 Å². The predicted molar refractivity (Wildman–Crippen MR) is 146 cm³/mol. The smallest absolute Gasteiger partial charge is 0.380 e. The Bertz CT molecular complexity index is 1530. The molecule has 0 amide bonds.